The van der Waals surface area contributed by atoms with Crippen LogP contribution in [0.4, 0.5) is 5.69 Å². The van der Waals surface area contributed by atoms with E-state index in [1.54, 1.807) is 43.6 Å². The van der Waals surface area contributed by atoms with Crippen LogP contribution in [-0.4, -0.2) is 31.9 Å². The number of hydrogen-bond donors (Lipinski definition) is 1. The van der Waals surface area contributed by atoms with Gasteiger partial charge in [0.2, 0.25) is 0 Å². The van der Waals surface area contributed by atoms with Crippen molar-refractivity contribution in [2.75, 3.05) is 5.32 Å². The number of nitrogens with zero attached hydrogens (tertiary/aromatic N) is 4. The number of anilines is 1. The van der Waals surface area contributed by atoms with Crippen molar-refractivity contribution >= 4 is 33.8 Å². The van der Waals surface area contributed by atoms with Crippen LogP contribution in [0.5, 0.6) is 0 Å². The van der Waals surface area contributed by atoms with Gasteiger partial charge in [0, 0.05) is 10.0 Å². The molecule has 0 radical (unpaired) electrons. The van der Waals surface area contributed by atoms with Crippen LogP contribution in [0, 0.1) is 6.92 Å². The van der Waals surface area contributed by atoms with Crippen LogP contribution >= 0.6 is 15.9 Å². The summed E-state index contributed by atoms with van der Waals surface area (Å²) in [6.45, 7) is 1.76. The fraction of sp³-hybridized carbons (Fsp3) is 0.0625. The van der Waals surface area contributed by atoms with E-state index in [4.69, 9.17) is 0 Å². The van der Waals surface area contributed by atoms with Gasteiger partial charge < -0.3 is 5.32 Å². The second-order valence-electron chi connectivity index (χ2n) is 4.92. The van der Waals surface area contributed by atoms with Crippen LogP contribution in [0.2, 0.25) is 0 Å². The van der Waals surface area contributed by atoms with Gasteiger partial charge in [-0.3, -0.25) is 9.59 Å². The lowest BCUT2D eigenvalue weighted by atomic mass is 10.2. The van der Waals surface area contributed by atoms with Crippen molar-refractivity contribution < 1.29 is 9.59 Å². The van der Waals surface area contributed by atoms with E-state index in [9.17, 15) is 9.59 Å². The SMILES string of the molecule is Cc1ncc(-n2ncc(NC(=O)c3ccc(Br)cc3)c2C=O)cn1. The van der Waals surface area contributed by atoms with E-state index in [0.29, 0.717) is 29.0 Å². The van der Waals surface area contributed by atoms with Crippen LogP contribution in [0.3, 0.4) is 0 Å². The second kappa shape index (κ2) is 6.71. The van der Waals surface area contributed by atoms with Gasteiger partial charge in [-0.05, 0) is 31.2 Å². The Labute approximate surface area is 145 Å². The summed E-state index contributed by atoms with van der Waals surface area (Å²) >= 11 is 3.32. The van der Waals surface area contributed by atoms with Crippen molar-refractivity contribution in [3.8, 4) is 5.69 Å². The van der Waals surface area contributed by atoms with Gasteiger partial charge in [0.1, 0.15) is 17.2 Å². The van der Waals surface area contributed by atoms with E-state index in [0.717, 1.165) is 4.47 Å². The number of amides is 1. The number of carbonyl (C=O) groups excluding carboxylic acids is 2. The number of rotatable bonds is 4. The summed E-state index contributed by atoms with van der Waals surface area (Å²) < 4.78 is 2.25. The van der Waals surface area contributed by atoms with Crippen molar-refractivity contribution in [1.29, 1.82) is 0 Å². The Kier molecular flexibility index (Phi) is 4.48. The van der Waals surface area contributed by atoms with Gasteiger partial charge in [0.25, 0.3) is 5.91 Å². The molecule has 0 atom stereocenters. The van der Waals surface area contributed by atoms with E-state index in [-0.39, 0.29) is 11.6 Å². The molecule has 1 amide bonds. The predicted molar refractivity (Wildman–Crippen MR) is 91.4 cm³/mol. The van der Waals surface area contributed by atoms with Gasteiger partial charge in [-0.25, -0.2) is 14.6 Å². The molecule has 0 bridgehead atoms. The third-order valence-corrected chi connectivity index (χ3v) is 3.81. The molecule has 2 heterocycles. The van der Waals surface area contributed by atoms with E-state index >= 15 is 0 Å². The third-order valence-electron chi connectivity index (χ3n) is 3.28. The van der Waals surface area contributed by atoms with Crippen molar-refractivity contribution in [2.45, 2.75) is 6.92 Å². The molecule has 120 valence electrons. The van der Waals surface area contributed by atoms with E-state index < -0.39 is 0 Å². The molecule has 0 unspecified atom stereocenters. The number of aldehydes is 1. The minimum absolute atomic E-state index is 0.216. The number of halogens is 1. The minimum Gasteiger partial charge on any atom is -0.319 e. The lowest BCUT2D eigenvalue weighted by molar-refractivity contribution is 0.102. The quantitative estimate of drug-likeness (QED) is 0.697. The molecular weight excluding hydrogens is 374 g/mol. The standard InChI is InChI=1S/C16H12BrN5O2/c1-10-18-6-13(7-19-10)22-15(9-23)14(8-20-22)21-16(24)11-2-4-12(17)5-3-11/h2-9H,1H3,(H,21,24). The molecule has 0 aliphatic rings. The number of benzene rings is 1. The lowest BCUT2D eigenvalue weighted by Gasteiger charge is -2.06. The molecule has 0 saturated heterocycles. The Morgan fingerprint density at radius 3 is 2.46 bits per heavy atom. The number of aryl methyl sites for hydroxylation is 1. The summed E-state index contributed by atoms with van der Waals surface area (Å²) in [6.07, 6.45) is 5.16. The number of hydrogen-bond acceptors (Lipinski definition) is 5. The molecular formula is C16H12BrN5O2. The van der Waals surface area contributed by atoms with Crippen LogP contribution in [0.25, 0.3) is 5.69 Å². The Hall–Kier alpha value is -2.87. The molecule has 0 aliphatic heterocycles. The van der Waals surface area contributed by atoms with Crippen LogP contribution in [0.15, 0.2) is 47.3 Å². The summed E-state index contributed by atoms with van der Waals surface area (Å²) in [5.74, 6) is 0.285. The van der Waals surface area contributed by atoms with Gasteiger partial charge in [0.15, 0.2) is 6.29 Å². The number of aromatic nitrogens is 4. The minimum atomic E-state index is -0.328. The predicted octanol–water partition coefficient (Wildman–Crippen LogP) is 2.80. The summed E-state index contributed by atoms with van der Waals surface area (Å²) in [6, 6.07) is 6.89. The first-order valence-electron chi connectivity index (χ1n) is 6.97. The summed E-state index contributed by atoms with van der Waals surface area (Å²) in [4.78, 5) is 31.9. The summed E-state index contributed by atoms with van der Waals surface area (Å²) in [5, 5.41) is 6.82. The van der Waals surface area contributed by atoms with Crippen LogP contribution < -0.4 is 5.32 Å². The van der Waals surface area contributed by atoms with E-state index in [1.165, 1.54) is 10.9 Å². The maximum Gasteiger partial charge on any atom is 0.255 e. The maximum absolute atomic E-state index is 12.3. The highest BCUT2D eigenvalue weighted by Gasteiger charge is 2.15. The highest BCUT2D eigenvalue weighted by atomic mass is 79.9. The monoisotopic (exact) mass is 385 g/mol. The largest absolute Gasteiger partial charge is 0.319 e. The van der Waals surface area contributed by atoms with Crippen molar-refractivity contribution in [2.24, 2.45) is 0 Å². The Balaban J connectivity index is 1.89. The average molecular weight is 386 g/mol. The molecule has 24 heavy (non-hydrogen) atoms. The first-order valence-corrected chi connectivity index (χ1v) is 7.77. The van der Waals surface area contributed by atoms with Gasteiger partial charge in [-0.15, -0.1) is 0 Å². The molecule has 0 fully saturated rings. The topological polar surface area (TPSA) is 89.8 Å². The van der Waals surface area contributed by atoms with Crippen molar-refractivity contribution in [1.82, 2.24) is 19.7 Å². The van der Waals surface area contributed by atoms with E-state index in [1.807, 2.05) is 0 Å². The fourth-order valence-electron chi connectivity index (χ4n) is 2.06. The molecule has 0 saturated carbocycles. The highest BCUT2D eigenvalue weighted by molar-refractivity contribution is 9.10. The van der Waals surface area contributed by atoms with E-state index in [2.05, 4.69) is 36.3 Å². The van der Waals surface area contributed by atoms with Crippen molar-refractivity contribution in [3.05, 3.63) is 64.4 Å². The first kappa shape index (κ1) is 16.0. The number of carbonyl (C=O) groups is 2. The second-order valence-corrected chi connectivity index (χ2v) is 5.84. The molecule has 3 rings (SSSR count). The molecule has 0 spiro atoms. The first-order chi connectivity index (χ1) is 11.6. The number of nitrogens with one attached hydrogen (secondary N) is 1. The normalized spacial score (nSPS) is 10.4. The highest BCUT2D eigenvalue weighted by Crippen LogP contribution is 2.18. The van der Waals surface area contributed by atoms with Crippen LogP contribution in [-0.2, 0) is 0 Å². The third kappa shape index (κ3) is 3.23. The Morgan fingerprint density at radius 1 is 1.17 bits per heavy atom. The molecule has 3 aromatic rings. The van der Waals surface area contributed by atoms with Crippen LogP contribution in [0.1, 0.15) is 26.7 Å². The molecule has 0 aliphatic carbocycles. The molecule has 1 N–H and O–H groups in total. The average Bonchev–Trinajstić information content (AvgIpc) is 2.98. The molecule has 7 nitrogen and oxygen atoms in total. The fourth-order valence-corrected chi connectivity index (χ4v) is 2.33. The smallest absolute Gasteiger partial charge is 0.255 e. The Morgan fingerprint density at radius 2 is 1.83 bits per heavy atom. The van der Waals surface area contributed by atoms with Gasteiger partial charge in [0.05, 0.1) is 24.3 Å². The maximum atomic E-state index is 12.3. The molecule has 2 aromatic heterocycles. The summed E-state index contributed by atoms with van der Waals surface area (Å²) in [7, 11) is 0. The zero-order chi connectivity index (χ0) is 17.1. The van der Waals surface area contributed by atoms with Crippen molar-refractivity contribution in [3.63, 3.8) is 0 Å². The zero-order valence-electron chi connectivity index (χ0n) is 12.6. The zero-order valence-corrected chi connectivity index (χ0v) is 14.2. The van der Waals surface area contributed by atoms with Gasteiger partial charge in [-0.1, -0.05) is 15.9 Å². The summed E-state index contributed by atoms with van der Waals surface area (Å²) in [5.41, 5.74) is 1.54. The lowest BCUT2D eigenvalue weighted by Crippen LogP contribution is -2.13. The van der Waals surface area contributed by atoms with Gasteiger partial charge >= 0.3 is 0 Å². The Bertz CT molecular complexity index is 888. The molecule has 8 heteroatoms. The molecule has 1 aromatic carbocycles. The van der Waals surface area contributed by atoms with Gasteiger partial charge in [-0.2, -0.15) is 5.10 Å².